The molecule has 1 aromatic rings. The van der Waals surface area contributed by atoms with Crippen LogP contribution in [0.3, 0.4) is 0 Å². The van der Waals surface area contributed by atoms with Gasteiger partial charge in [-0.2, -0.15) is 0 Å². The number of benzene rings is 1. The van der Waals surface area contributed by atoms with Gasteiger partial charge in [0.1, 0.15) is 17.1 Å². The Balaban J connectivity index is 1.13. The van der Waals surface area contributed by atoms with Crippen LogP contribution < -0.4 is 9.47 Å². The van der Waals surface area contributed by atoms with Crippen molar-refractivity contribution in [3.8, 4) is 11.5 Å². The maximum Gasteiger partial charge on any atom is 0.211 e. The van der Waals surface area contributed by atoms with Gasteiger partial charge in [-0.3, -0.25) is 0 Å². The topological polar surface area (TPSA) is 59.1 Å². The smallest absolute Gasteiger partial charge is 0.211 e. The fourth-order valence-electron chi connectivity index (χ4n) is 5.61. The van der Waals surface area contributed by atoms with Gasteiger partial charge in [0.25, 0.3) is 0 Å². The maximum absolute atomic E-state index is 11.7. The highest BCUT2D eigenvalue weighted by Crippen LogP contribution is 2.42. The van der Waals surface area contributed by atoms with E-state index in [1.165, 1.54) is 44.2 Å². The van der Waals surface area contributed by atoms with Gasteiger partial charge >= 0.3 is 0 Å². The molecule has 3 heterocycles. The van der Waals surface area contributed by atoms with Gasteiger partial charge in [-0.1, -0.05) is 6.42 Å². The quantitative estimate of drug-likeness (QED) is 0.691. The predicted octanol–water partition coefficient (Wildman–Crippen LogP) is 3.45. The second-order valence-electron chi connectivity index (χ2n) is 10.1. The van der Waals surface area contributed by atoms with Crippen LogP contribution in [-0.4, -0.2) is 68.3 Å². The van der Waals surface area contributed by atoms with E-state index in [1.807, 2.05) is 6.07 Å². The molecule has 2 saturated heterocycles. The summed E-state index contributed by atoms with van der Waals surface area (Å²) in [7, 11) is -3.07. The van der Waals surface area contributed by atoms with Gasteiger partial charge in [-0.15, -0.1) is 0 Å². The molecule has 1 saturated carbocycles. The molecule has 0 unspecified atom stereocenters. The molecule has 1 aromatic carbocycles. The fraction of sp³-hybridized carbons (Fsp3) is 0.750. The highest BCUT2D eigenvalue weighted by molar-refractivity contribution is 7.88. The summed E-state index contributed by atoms with van der Waals surface area (Å²) in [5.41, 5.74) is 1.29. The Morgan fingerprint density at radius 3 is 2.45 bits per heavy atom. The number of aryl methyl sites for hydroxylation is 1. The Hall–Kier alpha value is -1.31. The number of likely N-dealkylation sites (tertiary alicyclic amines) is 1. The molecule has 0 bridgehead atoms. The molecule has 3 fully saturated rings. The van der Waals surface area contributed by atoms with Gasteiger partial charge in [-0.25, -0.2) is 12.7 Å². The molecular weight excluding hydrogens is 412 g/mol. The minimum atomic E-state index is -3.07. The Bertz CT molecular complexity index is 883. The molecule has 0 radical (unpaired) electrons. The average molecular weight is 449 g/mol. The number of fused-ring (bicyclic) bond motifs is 1. The lowest BCUT2D eigenvalue weighted by Crippen LogP contribution is -2.53. The van der Waals surface area contributed by atoms with E-state index in [4.69, 9.17) is 9.47 Å². The molecule has 4 aliphatic rings. The Morgan fingerprint density at radius 1 is 1.06 bits per heavy atom. The molecule has 7 heteroatoms. The van der Waals surface area contributed by atoms with Crippen LogP contribution in [0.4, 0.5) is 0 Å². The lowest BCUT2D eigenvalue weighted by Gasteiger charge is -2.48. The van der Waals surface area contributed by atoms with Crippen molar-refractivity contribution in [1.82, 2.24) is 9.21 Å². The molecule has 0 N–H and O–H groups in total. The first-order chi connectivity index (χ1) is 14.9. The van der Waals surface area contributed by atoms with Crippen LogP contribution in [0.5, 0.6) is 11.5 Å². The highest BCUT2D eigenvalue weighted by Gasteiger charge is 2.41. The first-order valence-electron chi connectivity index (χ1n) is 12.0. The highest BCUT2D eigenvalue weighted by atomic mass is 32.2. The summed E-state index contributed by atoms with van der Waals surface area (Å²) in [6.07, 6.45) is 11.6. The predicted molar refractivity (Wildman–Crippen MR) is 121 cm³/mol. The van der Waals surface area contributed by atoms with Crippen molar-refractivity contribution in [1.29, 1.82) is 0 Å². The van der Waals surface area contributed by atoms with Crippen molar-refractivity contribution < 1.29 is 17.9 Å². The van der Waals surface area contributed by atoms with Gasteiger partial charge in [0.05, 0.1) is 12.9 Å². The van der Waals surface area contributed by atoms with Crippen LogP contribution in [0.2, 0.25) is 0 Å². The fourth-order valence-corrected chi connectivity index (χ4v) is 6.48. The van der Waals surface area contributed by atoms with Crippen LogP contribution in [-0.2, 0) is 16.4 Å². The van der Waals surface area contributed by atoms with E-state index in [0.717, 1.165) is 56.1 Å². The molecule has 3 aliphatic heterocycles. The summed E-state index contributed by atoms with van der Waals surface area (Å²) in [4.78, 5) is 2.69. The van der Waals surface area contributed by atoms with E-state index in [9.17, 15) is 8.42 Å². The Morgan fingerprint density at radius 2 is 1.81 bits per heavy atom. The van der Waals surface area contributed by atoms with Crippen LogP contribution >= 0.6 is 0 Å². The summed E-state index contributed by atoms with van der Waals surface area (Å²) in [6, 6.07) is 7.12. The van der Waals surface area contributed by atoms with E-state index in [-0.39, 0.29) is 5.60 Å². The summed E-state index contributed by atoms with van der Waals surface area (Å²) in [5.74, 6) is 2.36. The third kappa shape index (κ3) is 4.74. The maximum atomic E-state index is 11.7. The van der Waals surface area contributed by atoms with Crippen molar-refractivity contribution >= 4 is 10.0 Å². The monoisotopic (exact) mass is 448 g/mol. The summed E-state index contributed by atoms with van der Waals surface area (Å²) in [6.45, 7) is 4.22. The zero-order valence-corrected chi connectivity index (χ0v) is 19.5. The molecule has 1 aliphatic carbocycles. The number of ether oxygens (including phenoxy) is 2. The standard InChI is InChI=1S/C24H36N2O4S/c1-31(27,28)26-13-8-19(9-14-26)18-29-22-5-6-23-20(17-22)7-10-24(30-23)11-15-25(16-12-24)21-3-2-4-21/h5-6,17,19,21H,2-4,7-16,18H2,1H3. The third-order valence-corrected chi connectivity index (χ3v) is 9.34. The number of piperidine rings is 2. The van der Waals surface area contributed by atoms with E-state index < -0.39 is 10.0 Å². The zero-order valence-electron chi connectivity index (χ0n) is 18.7. The average Bonchev–Trinajstić information content (AvgIpc) is 2.72. The summed E-state index contributed by atoms with van der Waals surface area (Å²) in [5, 5.41) is 0. The molecule has 0 amide bonds. The normalized spacial score (nSPS) is 25.6. The summed E-state index contributed by atoms with van der Waals surface area (Å²) < 4.78 is 37.6. The molecule has 0 atom stereocenters. The van der Waals surface area contributed by atoms with Gasteiger partial charge in [0.2, 0.25) is 10.0 Å². The lowest BCUT2D eigenvalue weighted by molar-refractivity contribution is -0.0337. The van der Waals surface area contributed by atoms with Crippen molar-refractivity contribution in [2.24, 2.45) is 5.92 Å². The van der Waals surface area contributed by atoms with Crippen molar-refractivity contribution in [2.75, 3.05) is 39.0 Å². The zero-order chi connectivity index (χ0) is 21.5. The summed E-state index contributed by atoms with van der Waals surface area (Å²) >= 11 is 0. The van der Waals surface area contributed by atoms with Crippen LogP contribution in [0, 0.1) is 5.92 Å². The number of hydrogen-bond donors (Lipinski definition) is 0. The Labute approximate surface area is 186 Å². The molecule has 5 rings (SSSR count). The van der Waals surface area contributed by atoms with Gasteiger partial charge < -0.3 is 14.4 Å². The second-order valence-corrected chi connectivity index (χ2v) is 12.1. The number of sulfonamides is 1. The second kappa shape index (κ2) is 8.56. The van der Waals surface area contributed by atoms with E-state index in [0.29, 0.717) is 25.6 Å². The van der Waals surface area contributed by atoms with Crippen molar-refractivity contribution in [3.05, 3.63) is 23.8 Å². The van der Waals surface area contributed by atoms with Crippen molar-refractivity contribution in [3.63, 3.8) is 0 Å². The van der Waals surface area contributed by atoms with E-state index in [2.05, 4.69) is 17.0 Å². The van der Waals surface area contributed by atoms with Crippen LogP contribution in [0.15, 0.2) is 18.2 Å². The van der Waals surface area contributed by atoms with Gasteiger partial charge in [0.15, 0.2) is 0 Å². The molecule has 31 heavy (non-hydrogen) atoms. The molecule has 6 nitrogen and oxygen atoms in total. The minimum absolute atomic E-state index is 0.0310. The van der Waals surface area contributed by atoms with Crippen LogP contribution in [0.25, 0.3) is 0 Å². The number of hydrogen-bond acceptors (Lipinski definition) is 5. The van der Waals surface area contributed by atoms with Gasteiger partial charge in [-0.05, 0) is 81.0 Å². The third-order valence-electron chi connectivity index (χ3n) is 8.04. The first-order valence-corrected chi connectivity index (χ1v) is 13.9. The SMILES string of the molecule is CS(=O)(=O)N1CCC(COc2ccc3c(c2)CCC2(CCN(C4CCC4)CC2)O3)CC1. The number of nitrogens with zero attached hydrogens (tertiary/aromatic N) is 2. The van der Waals surface area contributed by atoms with E-state index >= 15 is 0 Å². The molecule has 172 valence electrons. The minimum Gasteiger partial charge on any atom is -0.493 e. The number of rotatable bonds is 5. The van der Waals surface area contributed by atoms with Crippen LogP contribution in [0.1, 0.15) is 56.9 Å². The largest absolute Gasteiger partial charge is 0.493 e. The first kappa shape index (κ1) is 21.5. The lowest BCUT2D eigenvalue weighted by atomic mass is 9.81. The molecule has 1 spiro atoms. The van der Waals surface area contributed by atoms with Gasteiger partial charge in [0, 0.05) is 32.2 Å². The molecule has 0 aromatic heterocycles. The molecular formula is C24H36N2O4S. The Kier molecular flexibility index (Phi) is 5.95. The van der Waals surface area contributed by atoms with Crippen molar-refractivity contribution in [2.45, 2.75) is 69.4 Å². The van der Waals surface area contributed by atoms with E-state index in [1.54, 1.807) is 4.31 Å².